The summed E-state index contributed by atoms with van der Waals surface area (Å²) in [6.45, 7) is 14.6. The highest BCUT2D eigenvalue weighted by molar-refractivity contribution is 5.81. The monoisotopic (exact) mass is 390 g/mol. The molecular formula is C22H38N4O2. The molecule has 0 aliphatic carbocycles. The Balaban J connectivity index is 2.19. The van der Waals surface area contributed by atoms with E-state index in [9.17, 15) is 4.79 Å². The van der Waals surface area contributed by atoms with Gasteiger partial charge in [0.1, 0.15) is 17.7 Å². The molecule has 1 aliphatic rings. The van der Waals surface area contributed by atoms with Gasteiger partial charge in [-0.3, -0.25) is 4.79 Å². The fourth-order valence-electron chi connectivity index (χ4n) is 3.63. The molecule has 0 N–H and O–H groups in total. The average molecular weight is 391 g/mol. The Bertz CT molecular complexity index is 621. The second-order valence-corrected chi connectivity index (χ2v) is 8.36. The number of ether oxygens (including phenoxy) is 1. The minimum Gasteiger partial charge on any atom is -0.369 e. The maximum atomic E-state index is 12.9. The number of likely N-dealkylation sites (tertiary alicyclic amines) is 1. The molecule has 0 saturated carbocycles. The van der Waals surface area contributed by atoms with E-state index < -0.39 is 0 Å². The van der Waals surface area contributed by atoms with E-state index in [1.54, 1.807) is 0 Å². The van der Waals surface area contributed by atoms with Crippen LogP contribution in [0.15, 0.2) is 6.07 Å². The highest BCUT2D eigenvalue weighted by atomic mass is 16.5. The normalized spacial score (nSPS) is 18.6. The van der Waals surface area contributed by atoms with Gasteiger partial charge in [0.15, 0.2) is 0 Å². The second kappa shape index (κ2) is 10.2. The fourth-order valence-corrected chi connectivity index (χ4v) is 3.63. The van der Waals surface area contributed by atoms with Crippen molar-refractivity contribution in [3.63, 3.8) is 0 Å². The first-order chi connectivity index (χ1) is 13.3. The van der Waals surface area contributed by atoms with Crippen molar-refractivity contribution in [2.45, 2.75) is 84.8 Å². The zero-order chi connectivity index (χ0) is 20.8. The Kier molecular flexibility index (Phi) is 8.23. The van der Waals surface area contributed by atoms with E-state index in [4.69, 9.17) is 14.7 Å². The average Bonchev–Trinajstić information content (AvgIpc) is 2.70. The van der Waals surface area contributed by atoms with Crippen molar-refractivity contribution < 1.29 is 9.53 Å². The van der Waals surface area contributed by atoms with E-state index in [1.807, 2.05) is 18.7 Å². The minimum atomic E-state index is -0.326. The third-order valence-electron chi connectivity index (χ3n) is 5.49. The highest BCUT2D eigenvalue weighted by Gasteiger charge is 2.31. The second-order valence-electron chi connectivity index (χ2n) is 8.36. The smallest absolute Gasteiger partial charge is 0.251 e. The van der Waals surface area contributed by atoms with Crippen LogP contribution in [0.5, 0.6) is 0 Å². The van der Waals surface area contributed by atoms with Crippen LogP contribution in [0, 0.1) is 0 Å². The number of nitrogens with zero attached hydrogens (tertiary/aromatic N) is 4. The maximum absolute atomic E-state index is 12.9. The van der Waals surface area contributed by atoms with E-state index >= 15 is 0 Å². The van der Waals surface area contributed by atoms with Gasteiger partial charge in [0.2, 0.25) is 0 Å². The molecule has 158 valence electrons. The molecule has 2 atom stereocenters. The number of likely N-dealkylation sites (N-methyl/N-ethyl adjacent to an activating group) is 1. The van der Waals surface area contributed by atoms with Gasteiger partial charge >= 0.3 is 0 Å². The molecule has 0 radical (unpaired) electrons. The lowest BCUT2D eigenvalue weighted by molar-refractivity contribution is -0.144. The third-order valence-corrected chi connectivity index (χ3v) is 5.49. The Morgan fingerprint density at radius 3 is 2.54 bits per heavy atom. The Morgan fingerprint density at radius 2 is 1.96 bits per heavy atom. The van der Waals surface area contributed by atoms with Crippen LogP contribution in [0.3, 0.4) is 0 Å². The number of anilines is 1. The first-order valence-corrected chi connectivity index (χ1v) is 10.8. The summed E-state index contributed by atoms with van der Waals surface area (Å²) >= 11 is 0. The molecule has 2 heterocycles. The molecule has 0 aromatic carbocycles. The summed E-state index contributed by atoms with van der Waals surface area (Å²) in [7, 11) is 2.09. The molecule has 2 unspecified atom stereocenters. The van der Waals surface area contributed by atoms with Gasteiger partial charge in [-0.2, -0.15) is 0 Å². The van der Waals surface area contributed by atoms with Crippen LogP contribution in [0.4, 0.5) is 5.82 Å². The van der Waals surface area contributed by atoms with E-state index in [0.717, 1.165) is 43.3 Å². The summed E-state index contributed by atoms with van der Waals surface area (Å²) in [6, 6.07) is 2.36. The van der Waals surface area contributed by atoms with Crippen molar-refractivity contribution in [3.8, 4) is 0 Å². The van der Waals surface area contributed by atoms with Crippen LogP contribution in [0.25, 0.3) is 0 Å². The third kappa shape index (κ3) is 5.43. The van der Waals surface area contributed by atoms with Gasteiger partial charge in [0.05, 0.1) is 0 Å². The van der Waals surface area contributed by atoms with Crippen molar-refractivity contribution in [2.75, 3.05) is 31.6 Å². The van der Waals surface area contributed by atoms with Crippen LogP contribution in [-0.4, -0.2) is 59.7 Å². The number of piperidine rings is 1. The van der Waals surface area contributed by atoms with Crippen molar-refractivity contribution in [2.24, 2.45) is 0 Å². The van der Waals surface area contributed by atoms with Crippen LogP contribution in [-0.2, 0) is 9.53 Å². The topological polar surface area (TPSA) is 58.6 Å². The molecule has 1 aliphatic heterocycles. The van der Waals surface area contributed by atoms with Crippen LogP contribution >= 0.6 is 0 Å². The van der Waals surface area contributed by atoms with Crippen LogP contribution in [0.2, 0.25) is 0 Å². The van der Waals surface area contributed by atoms with Crippen LogP contribution in [0.1, 0.15) is 84.2 Å². The maximum Gasteiger partial charge on any atom is 0.251 e. The summed E-state index contributed by atoms with van der Waals surface area (Å²) in [5.74, 6) is 2.61. The number of carbonyl (C=O) groups excluding carboxylic acids is 1. The standard InChI is InChI=1S/C22H38N4O2/c1-8-19(28-9-2)22(27)26-12-10-11-17(14-26)25(7)20-13-18(15(3)4)23-21(24-20)16(5)6/h13,15-17,19H,8-12,14H2,1-7H3. The number of rotatable bonds is 8. The van der Waals surface area contributed by atoms with Gasteiger partial charge in [0.25, 0.3) is 5.91 Å². The lowest BCUT2D eigenvalue weighted by atomic mass is 10.0. The fraction of sp³-hybridized carbons (Fsp3) is 0.773. The molecule has 1 fully saturated rings. The van der Waals surface area contributed by atoms with E-state index in [2.05, 4.69) is 45.7 Å². The van der Waals surface area contributed by atoms with Crippen molar-refractivity contribution >= 4 is 11.7 Å². The van der Waals surface area contributed by atoms with Gasteiger partial charge in [-0.25, -0.2) is 9.97 Å². The van der Waals surface area contributed by atoms with Gasteiger partial charge in [-0.15, -0.1) is 0 Å². The summed E-state index contributed by atoms with van der Waals surface area (Å²) in [5.41, 5.74) is 1.08. The SMILES string of the molecule is CCOC(CC)C(=O)N1CCCC(N(C)c2cc(C(C)C)nc(C(C)C)n2)C1. The van der Waals surface area contributed by atoms with Crippen LogP contribution < -0.4 is 4.90 Å². The molecule has 2 rings (SSSR count). The van der Waals surface area contributed by atoms with Gasteiger partial charge in [-0.05, 0) is 32.1 Å². The molecule has 0 spiro atoms. The number of amides is 1. The Hall–Kier alpha value is -1.69. The molecule has 1 aromatic heterocycles. The number of hydrogen-bond donors (Lipinski definition) is 0. The summed E-state index contributed by atoms with van der Waals surface area (Å²) in [4.78, 5) is 26.6. The lowest BCUT2D eigenvalue weighted by Crippen LogP contribution is -2.51. The zero-order valence-electron chi connectivity index (χ0n) is 18.7. The molecule has 1 amide bonds. The van der Waals surface area contributed by atoms with E-state index in [-0.39, 0.29) is 24.0 Å². The van der Waals surface area contributed by atoms with Crippen molar-refractivity contribution in [1.82, 2.24) is 14.9 Å². The predicted molar refractivity (Wildman–Crippen MR) is 114 cm³/mol. The molecule has 6 heteroatoms. The van der Waals surface area contributed by atoms with Crippen molar-refractivity contribution in [1.29, 1.82) is 0 Å². The predicted octanol–water partition coefficient (Wildman–Crippen LogP) is 3.97. The van der Waals surface area contributed by atoms with Gasteiger partial charge in [0, 0.05) is 50.5 Å². The highest BCUT2D eigenvalue weighted by Crippen LogP contribution is 2.25. The first kappa shape index (κ1) is 22.6. The Morgan fingerprint density at radius 1 is 1.25 bits per heavy atom. The van der Waals surface area contributed by atoms with E-state index in [1.165, 1.54) is 0 Å². The van der Waals surface area contributed by atoms with E-state index in [0.29, 0.717) is 18.9 Å². The van der Waals surface area contributed by atoms with Gasteiger partial charge in [-0.1, -0.05) is 34.6 Å². The van der Waals surface area contributed by atoms with Gasteiger partial charge < -0.3 is 14.5 Å². The lowest BCUT2D eigenvalue weighted by Gasteiger charge is -2.39. The molecule has 1 aromatic rings. The zero-order valence-corrected chi connectivity index (χ0v) is 18.7. The summed E-state index contributed by atoms with van der Waals surface area (Å²) in [6.07, 6.45) is 2.45. The minimum absolute atomic E-state index is 0.121. The number of hydrogen-bond acceptors (Lipinski definition) is 5. The molecular weight excluding hydrogens is 352 g/mol. The molecule has 0 bridgehead atoms. The summed E-state index contributed by atoms with van der Waals surface area (Å²) in [5, 5.41) is 0. The van der Waals surface area contributed by atoms with Crippen molar-refractivity contribution in [3.05, 3.63) is 17.6 Å². The molecule has 28 heavy (non-hydrogen) atoms. The number of aromatic nitrogens is 2. The molecule has 1 saturated heterocycles. The quantitative estimate of drug-likeness (QED) is 0.672. The Labute approximate surface area is 170 Å². The number of carbonyl (C=O) groups is 1. The first-order valence-electron chi connectivity index (χ1n) is 10.8. The largest absolute Gasteiger partial charge is 0.369 e. The summed E-state index contributed by atoms with van der Waals surface area (Å²) < 4.78 is 5.65. The molecule has 6 nitrogen and oxygen atoms in total.